The zero-order valence-electron chi connectivity index (χ0n) is 7.35. The van der Waals surface area contributed by atoms with Crippen molar-refractivity contribution >= 4 is 0 Å². The van der Waals surface area contributed by atoms with E-state index in [9.17, 15) is 5.11 Å². The summed E-state index contributed by atoms with van der Waals surface area (Å²) >= 11 is 0. The molecule has 0 bridgehead atoms. The molecule has 0 aromatic carbocycles. The first-order valence-electron chi connectivity index (χ1n) is 4.33. The van der Waals surface area contributed by atoms with Gasteiger partial charge in [-0.15, -0.1) is 0 Å². The van der Waals surface area contributed by atoms with Crippen molar-refractivity contribution in [3.8, 4) is 0 Å². The minimum absolute atomic E-state index is 0.286. The molecule has 68 valence electrons. The first kappa shape index (κ1) is 9.19. The van der Waals surface area contributed by atoms with Crippen LogP contribution in [0.4, 0.5) is 0 Å². The number of hydrogen-bond donors (Lipinski definition) is 1. The number of aliphatic hydroxyl groups excluding tert-OH is 1. The molecule has 4 nitrogen and oxygen atoms in total. The summed E-state index contributed by atoms with van der Waals surface area (Å²) in [6, 6.07) is 0. The van der Waals surface area contributed by atoms with Crippen molar-refractivity contribution in [2.75, 3.05) is 0 Å². The molecule has 0 amide bonds. The lowest BCUT2D eigenvalue weighted by molar-refractivity contribution is 0.137. The summed E-state index contributed by atoms with van der Waals surface area (Å²) in [6.07, 6.45) is 5.84. The van der Waals surface area contributed by atoms with E-state index in [-0.39, 0.29) is 6.10 Å². The topological polar surface area (TPSA) is 50.9 Å². The Morgan fingerprint density at radius 3 is 3.00 bits per heavy atom. The second-order valence-corrected chi connectivity index (χ2v) is 2.91. The average molecular weight is 169 g/mol. The summed E-state index contributed by atoms with van der Waals surface area (Å²) in [5.74, 6) is 0. The van der Waals surface area contributed by atoms with Crippen molar-refractivity contribution in [3.05, 3.63) is 12.7 Å². The lowest BCUT2D eigenvalue weighted by Crippen LogP contribution is -2.15. The molecule has 0 saturated heterocycles. The highest BCUT2D eigenvalue weighted by Gasteiger charge is 2.03. The predicted octanol–water partition coefficient (Wildman–Crippen LogP) is 0.829. The van der Waals surface area contributed by atoms with Crippen LogP contribution in [0.25, 0.3) is 0 Å². The first-order chi connectivity index (χ1) is 5.83. The van der Waals surface area contributed by atoms with E-state index in [0.717, 1.165) is 19.3 Å². The van der Waals surface area contributed by atoms with Crippen molar-refractivity contribution in [3.63, 3.8) is 0 Å². The molecule has 1 unspecified atom stereocenters. The third kappa shape index (κ3) is 3.00. The van der Waals surface area contributed by atoms with E-state index >= 15 is 0 Å². The summed E-state index contributed by atoms with van der Waals surface area (Å²) < 4.78 is 1.65. The van der Waals surface area contributed by atoms with Gasteiger partial charge in [-0.05, 0) is 6.42 Å². The molecule has 1 rings (SSSR count). The van der Waals surface area contributed by atoms with E-state index in [1.165, 1.54) is 6.33 Å². The molecular weight excluding hydrogens is 154 g/mol. The second-order valence-electron chi connectivity index (χ2n) is 2.91. The summed E-state index contributed by atoms with van der Waals surface area (Å²) in [5, 5.41) is 13.4. The number of unbranched alkanes of at least 4 members (excludes halogenated alkanes) is 1. The summed E-state index contributed by atoms with van der Waals surface area (Å²) in [5.41, 5.74) is 0. The fourth-order valence-electron chi connectivity index (χ4n) is 1.07. The maximum absolute atomic E-state index is 9.46. The van der Waals surface area contributed by atoms with Crippen LogP contribution in [0.1, 0.15) is 26.2 Å². The molecule has 1 N–H and O–H groups in total. The lowest BCUT2D eigenvalue weighted by Gasteiger charge is -2.08. The molecule has 1 heterocycles. The van der Waals surface area contributed by atoms with Crippen LogP contribution in [-0.4, -0.2) is 26.0 Å². The van der Waals surface area contributed by atoms with Crippen LogP contribution in [0.15, 0.2) is 12.7 Å². The molecule has 0 fully saturated rings. The lowest BCUT2D eigenvalue weighted by atomic mass is 10.2. The highest BCUT2D eigenvalue weighted by Crippen LogP contribution is 2.01. The monoisotopic (exact) mass is 169 g/mol. The minimum Gasteiger partial charge on any atom is -0.391 e. The molecule has 0 radical (unpaired) electrons. The van der Waals surface area contributed by atoms with Gasteiger partial charge in [0.05, 0.1) is 12.6 Å². The Bertz CT molecular complexity index is 198. The van der Waals surface area contributed by atoms with Crippen molar-refractivity contribution in [2.45, 2.75) is 38.8 Å². The molecule has 0 aliphatic heterocycles. The molecule has 0 saturated carbocycles. The van der Waals surface area contributed by atoms with E-state index in [0.29, 0.717) is 6.54 Å². The Labute approximate surface area is 72.2 Å². The fourth-order valence-corrected chi connectivity index (χ4v) is 1.07. The molecular formula is C8H15N3O. The van der Waals surface area contributed by atoms with Gasteiger partial charge in [0.1, 0.15) is 12.7 Å². The van der Waals surface area contributed by atoms with Crippen LogP contribution >= 0.6 is 0 Å². The molecule has 1 aromatic heterocycles. The van der Waals surface area contributed by atoms with Gasteiger partial charge in [-0.3, -0.25) is 4.68 Å². The van der Waals surface area contributed by atoms with Gasteiger partial charge >= 0.3 is 0 Å². The molecule has 4 heteroatoms. The smallest absolute Gasteiger partial charge is 0.137 e. The van der Waals surface area contributed by atoms with Gasteiger partial charge < -0.3 is 5.11 Å². The van der Waals surface area contributed by atoms with Crippen molar-refractivity contribution in [2.24, 2.45) is 0 Å². The molecule has 0 aliphatic carbocycles. The van der Waals surface area contributed by atoms with Gasteiger partial charge in [-0.2, -0.15) is 5.10 Å². The minimum atomic E-state index is -0.286. The number of rotatable bonds is 5. The summed E-state index contributed by atoms with van der Waals surface area (Å²) in [4.78, 5) is 3.80. The Kier molecular flexibility index (Phi) is 3.73. The van der Waals surface area contributed by atoms with E-state index < -0.39 is 0 Å². The maximum Gasteiger partial charge on any atom is 0.137 e. The van der Waals surface area contributed by atoms with Gasteiger partial charge in [-0.1, -0.05) is 19.8 Å². The van der Waals surface area contributed by atoms with Gasteiger partial charge in [0.25, 0.3) is 0 Å². The fraction of sp³-hybridized carbons (Fsp3) is 0.750. The SMILES string of the molecule is CCCCC(O)Cn1cncn1. The highest BCUT2D eigenvalue weighted by molar-refractivity contribution is 4.61. The van der Waals surface area contributed by atoms with Crippen molar-refractivity contribution < 1.29 is 5.11 Å². The van der Waals surface area contributed by atoms with Gasteiger partial charge in [0.2, 0.25) is 0 Å². The van der Waals surface area contributed by atoms with E-state index in [1.807, 2.05) is 0 Å². The Hall–Kier alpha value is -0.900. The normalized spacial score (nSPS) is 13.2. The van der Waals surface area contributed by atoms with Crippen LogP contribution in [0.3, 0.4) is 0 Å². The van der Waals surface area contributed by atoms with E-state index in [1.54, 1.807) is 11.0 Å². The molecule has 1 atom stereocenters. The second kappa shape index (κ2) is 4.87. The molecule has 1 aromatic rings. The molecule has 0 spiro atoms. The van der Waals surface area contributed by atoms with Crippen LogP contribution < -0.4 is 0 Å². The zero-order chi connectivity index (χ0) is 8.81. The maximum atomic E-state index is 9.46. The number of nitrogens with zero attached hydrogens (tertiary/aromatic N) is 3. The summed E-state index contributed by atoms with van der Waals surface area (Å²) in [7, 11) is 0. The highest BCUT2D eigenvalue weighted by atomic mass is 16.3. The van der Waals surface area contributed by atoms with Crippen molar-refractivity contribution in [1.82, 2.24) is 14.8 Å². The molecule has 0 aliphatic rings. The molecule has 12 heavy (non-hydrogen) atoms. The van der Waals surface area contributed by atoms with Crippen LogP contribution in [0.2, 0.25) is 0 Å². The zero-order valence-corrected chi connectivity index (χ0v) is 7.35. The number of aliphatic hydroxyl groups is 1. The standard InChI is InChI=1S/C8H15N3O/c1-2-3-4-8(12)5-11-7-9-6-10-11/h6-8,12H,2-5H2,1H3. The van der Waals surface area contributed by atoms with Crippen LogP contribution in [-0.2, 0) is 6.54 Å². The largest absolute Gasteiger partial charge is 0.391 e. The van der Waals surface area contributed by atoms with Crippen LogP contribution in [0.5, 0.6) is 0 Å². The van der Waals surface area contributed by atoms with Gasteiger partial charge in [0.15, 0.2) is 0 Å². The Balaban J connectivity index is 2.22. The third-order valence-electron chi connectivity index (χ3n) is 1.76. The van der Waals surface area contributed by atoms with Gasteiger partial charge in [0, 0.05) is 0 Å². The Morgan fingerprint density at radius 2 is 2.42 bits per heavy atom. The van der Waals surface area contributed by atoms with E-state index in [2.05, 4.69) is 17.0 Å². The number of aromatic nitrogens is 3. The van der Waals surface area contributed by atoms with Gasteiger partial charge in [-0.25, -0.2) is 4.98 Å². The first-order valence-corrected chi connectivity index (χ1v) is 4.33. The Morgan fingerprint density at radius 1 is 1.58 bits per heavy atom. The third-order valence-corrected chi connectivity index (χ3v) is 1.76. The average Bonchev–Trinajstić information content (AvgIpc) is 2.53. The quantitative estimate of drug-likeness (QED) is 0.710. The van der Waals surface area contributed by atoms with Crippen molar-refractivity contribution in [1.29, 1.82) is 0 Å². The van der Waals surface area contributed by atoms with Crippen LogP contribution in [0, 0.1) is 0 Å². The summed E-state index contributed by atoms with van der Waals surface area (Å²) in [6.45, 7) is 2.67. The number of hydrogen-bond acceptors (Lipinski definition) is 3. The predicted molar refractivity (Wildman–Crippen MR) is 45.6 cm³/mol. The van der Waals surface area contributed by atoms with E-state index in [4.69, 9.17) is 0 Å².